The van der Waals surface area contributed by atoms with Gasteiger partial charge in [-0.3, -0.25) is 0 Å². The zero-order chi connectivity index (χ0) is 3.41. The zero-order valence-electron chi connectivity index (χ0n) is 1.94. The average Bonchev–Trinajstić information content (AvgIpc) is 1.37. The van der Waals surface area contributed by atoms with Crippen LogP contribution in [0.4, 0.5) is 0 Å². The van der Waals surface area contributed by atoms with Gasteiger partial charge < -0.3 is 0 Å². The van der Waals surface area contributed by atoms with Crippen LogP contribution >= 0.6 is 11.6 Å². The molecule has 24 valence electrons. The van der Waals surface area contributed by atoms with Crippen molar-refractivity contribution in [1.29, 1.82) is 0 Å². The van der Waals surface area contributed by atoms with Gasteiger partial charge in [0.05, 0.1) is 0 Å². The van der Waals surface area contributed by atoms with E-state index in [1.165, 1.54) is 0 Å². The quantitative estimate of drug-likeness (QED) is 0.376. The van der Waals surface area contributed by atoms with Gasteiger partial charge in [-0.1, -0.05) is 0 Å². The van der Waals surface area contributed by atoms with Gasteiger partial charge in [0.15, 0.2) is 0 Å². The number of rotatable bonds is 1. The summed E-state index contributed by atoms with van der Waals surface area (Å²) >= 11 is 4.15. The molecule has 0 atom stereocenters. The third kappa shape index (κ3) is 2.65. The summed E-state index contributed by atoms with van der Waals surface area (Å²) in [6.45, 7) is 0. The summed E-state index contributed by atoms with van der Waals surface area (Å²) in [6, 6.07) is 0. The van der Waals surface area contributed by atoms with E-state index in [1.54, 1.807) is 0 Å². The molecule has 0 saturated heterocycles. The van der Waals surface area contributed by atoms with Crippen molar-refractivity contribution in [1.82, 2.24) is 0 Å². The van der Waals surface area contributed by atoms with Crippen LogP contribution in [0, 0.1) is 0 Å². The maximum atomic E-state index is 9.26. The Kier molecular flexibility index (Phi) is 4.24. The minimum absolute atomic E-state index is 0.330. The third-order valence-electron chi connectivity index (χ3n) is 0.0488. The molecule has 0 aliphatic carbocycles. The molecule has 0 unspecified atom stereocenters. The molecule has 0 saturated carbocycles. The van der Waals surface area contributed by atoms with Gasteiger partial charge >= 0.3 is 35.7 Å². The molecule has 0 rings (SSSR count). The van der Waals surface area contributed by atoms with Crippen LogP contribution in [-0.2, 0) is 3.74 Å². The van der Waals surface area contributed by atoms with Crippen LogP contribution in [0.5, 0.6) is 0 Å². The summed E-state index contributed by atoms with van der Waals surface area (Å²) in [7, 11) is 0. The van der Waals surface area contributed by atoms with E-state index < -0.39 is 15.7 Å². The normalized spacial score (nSPS) is 8.25. The van der Waals surface area contributed by atoms with E-state index in [9.17, 15) is 3.74 Å². The molecule has 0 aromatic rings. The number of hydrogen-bond acceptors (Lipinski definition) is 1. The SMILES string of the molecule is O=[As]CCl. The van der Waals surface area contributed by atoms with Crippen molar-refractivity contribution in [2.45, 2.75) is 0 Å². The third-order valence-corrected chi connectivity index (χ3v) is 0.761. The topological polar surface area (TPSA) is 17.1 Å². The average molecular weight is 140 g/mol. The second-order valence-electron chi connectivity index (χ2n) is 0.249. The second kappa shape index (κ2) is 3.65. The molecule has 0 aliphatic rings. The molecule has 4 heavy (non-hydrogen) atoms. The van der Waals surface area contributed by atoms with Crippen LogP contribution in [0.15, 0.2) is 0 Å². The molecule has 0 radical (unpaired) electrons. The van der Waals surface area contributed by atoms with Gasteiger partial charge in [-0.15, -0.1) is 0 Å². The van der Waals surface area contributed by atoms with E-state index in [1.807, 2.05) is 0 Å². The van der Waals surface area contributed by atoms with Crippen molar-refractivity contribution in [3.8, 4) is 0 Å². The Morgan fingerprint density at radius 2 is 2.25 bits per heavy atom. The van der Waals surface area contributed by atoms with Crippen LogP contribution < -0.4 is 0 Å². The fourth-order valence-electron chi connectivity index (χ4n) is 0. The van der Waals surface area contributed by atoms with E-state index in [2.05, 4.69) is 0 Å². The first-order valence-electron chi connectivity index (χ1n) is 0.766. The van der Waals surface area contributed by atoms with Crippen LogP contribution in [-0.4, -0.2) is 20.4 Å². The van der Waals surface area contributed by atoms with Gasteiger partial charge in [0.2, 0.25) is 0 Å². The molecule has 0 amide bonds. The van der Waals surface area contributed by atoms with Crippen molar-refractivity contribution >= 4 is 27.3 Å². The van der Waals surface area contributed by atoms with Crippen molar-refractivity contribution in [3.05, 3.63) is 0 Å². The molecular weight excluding hydrogens is 138 g/mol. The predicted octanol–water partition coefficient (Wildman–Crippen LogP) is 0.232. The molecule has 0 aliphatic heterocycles. The minimum atomic E-state index is -0.769. The predicted molar refractivity (Wildman–Crippen MR) is 17.2 cm³/mol. The monoisotopic (exact) mass is 140 g/mol. The molecule has 0 heterocycles. The van der Waals surface area contributed by atoms with E-state index in [4.69, 9.17) is 11.6 Å². The Labute approximate surface area is 36.2 Å². The van der Waals surface area contributed by atoms with Crippen LogP contribution in [0.25, 0.3) is 0 Å². The maximum absolute atomic E-state index is 9.26. The van der Waals surface area contributed by atoms with E-state index >= 15 is 0 Å². The molecular formula is CH2AsClO. The molecule has 0 spiro atoms. The molecule has 1 nitrogen and oxygen atoms in total. The van der Waals surface area contributed by atoms with Crippen LogP contribution in [0.1, 0.15) is 0 Å². The molecule has 0 N–H and O–H groups in total. The summed E-state index contributed by atoms with van der Waals surface area (Å²) in [4.78, 5) is 0. The second-order valence-corrected chi connectivity index (χ2v) is 2.53. The Balaban J connectivity index is 2.30. The van der Waals surface area contributed by atoms with Crippen LogP contribution in [0.3, 0.4) is 0 Å². The van der Waals surface area contributed by atoms with Crippen LogP contribution in [0.2, 0.25) is 0 Å². The van der Waals surface area contributed by atoms with Gasteiger partial charge in [0.25, 0.3) is 0 Å². The summed E-state index contributed by atoms with van der Waals surface area (Å²) in [6.07, 6.45) is 0. The Hall–Kier alpha value is 0.648. The van der Waals surface area contributed by atoms with Gasteiger partial charge in [-0.2, -0.15) is 0 Å². The number of hydrogen-bond donors (Lipinski definition) is 0. The number of alkyl halides is 1. The van der Waals surface area contributed by atoms with Crippen molar-refractivity contribution < 1.29 is 3.74 Å². The summed E-state index contributed by atoms with van der Waals surface area (Å²) in [5.41, 5.74) is 0. The first kappa shape index (κ1) is 4.65. The van der Waals surface area contributed by atoms with E-state index in [0.717, 1.165) is 0 Å². The standard InChI is InChI=1S/CH2AsClO/c3-1-2-4/h1H2. The molecule has 0 aromatic carbocycles. The summed E-state index contributed by atoms with van der Waals surface area (Å²) in [5.74, 6) is 0. The first-order valence-corrected chi connectivity index (χ1v) is 3.39. The zero-order valence-corrected chi connectivity index (χ0v) is 4.57. The van der Waals surface area contributed by atoms with Gasteiger partial charge in [-0.25, -0.2) is 0 Å². The number of halogens is 1. The van der Waals surface area contributed by atoms with Gasteiger partial charge in [-0.05, 0) is 0 Å². The molecule has 0 aromatic heterocycles. The fourth-order valence-corrected chi connectivity index (χ4v) is 0. The first-order chi connectivity index (χ1) is 1.91. The van der Waals surface area contributed by atoms with Crippen molar-refractivity contribution in [3.63, 3.8) is 0 Å². The van der Waals surface area contributed by atoms with Crippen molar-refractivity contribution in [2.24, 2.45) is 0 Å². The Morgan fingerprint density at radius 3 is 2.25 bits per heavy atom. The molecule has 0 fully saturated rings. The van der Waals surface area contributed by atoms with Crippen molar-refractivity contribution in [2.75, 3.05) is 4.67 Å². The molecule has 0 bridgehead atoms. The van der Waals surface area contributed by atoms with Gasteiger partial charge in [0, 0.05) is 0 Å². The summed E-state index contributed by atoms with van der Waals surface area (Å²) < 4.78 is 9.59. The van der Waals surface area contributed by atoms with E-state index in [0.29, 0.717) is 4.67 Å². The fraction of sp³-hybridized carbons (Fsp3) is 1.00. The van der Waals surface area contributed by atoms with E-state index in [-0.39, 0.29) is 0 Å². The molecule has 3 heteroatoms. The Bertz CT molecular complexity index is 22.0. The Morgan fingerprint density at radius 1 is 2.00 bits per heavy atom. The van der Waals surface area contributed by atoms with Gasteiger partial charge in [0.1, 0.15) is 0 Å². The summed E-state index contributed by atoms with van der Waals surface area (Å²) in [5, 5.41) is 0.